The van der Waals surface area contributed by atoms with Crippen molar-refractivity contribution >= 4 is 11.9 Å². The van der Waals surface area contributed by atoms with E-state index in [0.29, 0.717) is 5.57 Å². The lowest BCUT2D eigenvalue weighted by molar-refractivity contribution is -0.162. The molecule has 3 rings (SSSR count). The van der Waals surface area contributed by atoms with E-state index >= 15 is 0 Å². The van der Waals surface area contributed by atoms with Crippen LogP contribution in [0.5, 0.6) is 0 Å². The van der Waals surface area contributed by atoms with Gasteiger partial charge in [0.25, 0.3) is 0 Å². The Bertz CT molecular complexity index is 1160. The summed E-state index contributed by atoms with van der Waals surface area (Å²) in [5.41, 5.74) is 0.436. The topological polar surface area (TPSA) is 72.8 Å². The van der Waals surface area contributed by atoms with Crippen molar-refractivity contribution < 1.29 is 43.4 Å². The van der Waals surface area contributed by atoms with Crippen molar-refractivity contribution in [2.24, 2.45) is 29.6 Å². The van der Waals surface area contributed by atoms with Crippen LogP contribution in [0.2, 0.25) is 0 Å². The number of allylic oxidation sites excluding steroid dienone is 3. The normalized spacial score (nSPS) is 50.1. The summed E-state index contributed by atoms with van der Waals surface area (Å²) in [6.07, 6.45) is -5.16. The van der Waals surface area contributed by atoms with Crippen LogP contribution in [0.1, 0.15) is 85.1 Å². The molecule has 2 aliphatic carbocycles. The molecule has 1 aliphatic heterocycles. The number of carbonyl (C=O) groups is 2. The van der Waals surface area contributed by atoms with E-state index in [2.05, 4.69) is 5.11 Å². The van der Waals surface area contributed by atoms with Crippen LogP contribution < -0.4 is 0 Å². The standard InChI is InChI=1S/C24H36O5/c1-5-15(3)24(27)29-21-11-14(2)10-17-7-6-16(4)20(23(17)21)9-8-19-12-18(25)13-22(26)28-19/h6-7,10,14-16,18-21,23,25H,5,8-9,11-13H2,1-4H3/t14-,15-,16-,18+,19?,20-,21-,23-/m0/s1/i1D3,2D3,3D3,5D2,13D2,15D,25D. The van der Waals surface area contributed by atoms with E-state index in [9.17, 15) is 9.59 Å². The molecule has 0 amide bonds. The zero-order valence-electron chi connectivity index (χ0n) is 31.1. The second kappa shape index (κ2) is 9.46. The Kier molecular flexibility index (Phi) is 3.16. The molecule has 0 bridgehead atoms. The fourth-order valence-corrected chi connectivity index (χ4v) is 4.47. The summed E-state index contributed by atoms with van der Waals surface area (Å²) < 4.78 is 128. The molecule has 5 heteroatoms. The van der Waals surface area contributed by atoms with E-state index in [4.69, 9.17) is 30.1 Å². The molecule has 1 heterocycles. The van der Waals surface area contributed by atoms with Crippen LogP contribution >= 0.6 is 0 Å². The largest absolute Gasteiger partial charge is 0.462 e. The molecule has 0 radical (unpaired) electrons. The number of cyclic esters (lactones) is 1. The molecule has 0 aromatic carbocycles. The van der Waals surface area contributed by atoms with Crippen LogP contribution in [0.4, 0.5) is 0 Å². The number of hydrogen-bond acceptors (Lipinski definition) is 5. The van der Waals surface area contributed by atoms with Gasteiger partial charge in [0.15, 0.2) is 0 Å². The van der Waals surface area contributed by atoms with Gasteiger partial charge in [-0.1, -0.05) is 45.7 Å². The molecule has 1 fully saturated rings. The number of aliphatic hydroxyl groups excluding tert-OH is 1. The highest BCUT2D eigenvalue weighted by Crippen LogP contribution is 2.45. The predicted octanol–water partition coefficient (Wildman–Crippen LogP) is 4.20. The van der Waals surface area contributed by atoms with E-state index in [-0.39, 0.29) is 31.6 Å². The third-order valence-corrected chi connectivity index (χ3v) is 5.83. The van der Waals surface area contributed by atoms with Gasteiger partial charge in [0.05, 0.1) is 18.4 Å². The van der Waals surface area contributed by atoms with Crippen LogP contribution in [0.3, 0.4) is 0 Å². The third kappa shape index (κ3) is 5.30. The Labute approximate surface area is 195 Å². The molecule has 162 valence electrons. The van der Waals surface area contributed by atoms with E-state index in [0.717, 1.165) is 0 Å². The van der Waals surface area contributed by atoms with Gasteiger partial charge >= 0.3 is 11.9 Å². The van der Waals surface area contributed by atoms with E-state index < -0.39 is 87.2 Å². The highest BCUT2D eigenvalue weighted by Gasteiger charge is 2.42. The second-order valence-corrected chi connectivity index (χ2v) is 7.83. The molecular formula is C24H36O5. The minimum Gasteiger partial charge on any atom is -0.462 e. The Morgan fingerprint density at radius 1 is 1.55 bits per heavy atom. The van der Waals surface area contributed by atoms with Gasteiger partial charge in [0.2, 0.25) is 1.43 Å². The predicted molar refractivity (Wildman–Crippen MR) is 111 cm³/mol. The zero-order chi connectivity index (χ0) is 33.8. The molecule has 1 N–H and O–H groups in total. The van der Waals surface area contributed by atoms with Gasteiger partial charge in [0, 0.05) is 31.5 Å². The first-order chi connectivity index (χ1) is 19.8. The summed E-state index contributed by atoms with van der Waals surface area (Å²) in [5, 5.41) is 4.43. The monoisotopic (exact) mass is 419 g/mol. The fourth-order valence-electron chi connectivity index (χ4n) is 4.47. The summed E-state index contributed by atoms with van der Waals surface area (Å²) in [4.78, 5) is 25.7. The van der Waals surface area contributed by atoms with Gasteiger partial charge in [-0.3, -0.25) is 9.59 Å². The van der Waals surface area contributed by atoms with Gasteiger partial charge in [-0.2, -0.15) is 0 Å². The minimum absolute atomic E-state index is 0.115. The van der Waals surface area contributed by atoms with Crippen molar-refractivity contribution in [3.63, 3.8) is 0 Å². The third-order valence-electron chi connectivity index (χ3n) is 5.83. The highest BCUT2D eigenvalue weighted by atomic mass is 16.5. The molecule has 0 aromatic rings. The van der Waals surface area contributed by atoms with Crippen molar-refractivity contribution in [2.75, 3.05) is 0 Å². The summed E-state index contributed by atoms with van der Waals surface area (Å²) in [5.74, 6) is -9.72. The molecule has 0 spiro atoms. The number of fused-ring (bicyclic) bond motifs is 1. The maximum absolute atomic E-state index is 13.5. The molecule has 29 heavy (non-hydrogen) atoms. The zero-order valence-corrected chi connectivity index (χ0v) is 16.1. The summed E-state index contributed by atoms with van der Waals surface area (Å²) in [7, 11) is 0. The maximum Gasteiger partial charge on any atom is 0.308 e. The molecule has 5 nitrogen and oxygen atoms in total. The molecular weight excluding hydrogens is 368 g/mol. The van der Waals surface area contributed by atoms with Crippen molar-refractivity contribution in [3.05, 3.63) is 23.8 Å². The number of esters is 2. The molecule has 1 saturated heterocycles. The van der Waals surface area contributed by atoms with E-state index in [1.807, 2.05) is 6.92 Å². The Morgan fingerprint density at radius 3 is 3.21 bits per heavy atom. The van der Waals surface area contributed by atoms with Crippen molar-refractivity contribution in [1.29, 1.82) is 1.43 Å². The Hall–Kier alpha value is -1.62. The highest BCUT2D eigenvalue weighted by molar-refractivity contribution is 5.72. The molecule has 1 unspecified atom stereocenters. The average Bonchev–Trinajstić information content (AvgIpc) is 2.87. The summed E-state index contributed by atoms with van der Waals surface area (Å²) >= 11 is 0. The van der Waals surface area contributed by atoms with Crippen LogP contribution in [0, 0.1) is 29.6 Å². The van der Waals surface area contributed by atoms with Crippen LogP contribution in [-0.4, -0.2) is 36.8 Å². The number of aliphatic hydroxyl groups is 1. The lowest BCUT2D eigenvalue weighted by Gasteiger charge is -2.43. The van der Waals surface area contributed by atoms with E-state index in [1.54, 1.807) is 12.2 Å². The molecule has 0 aromatic heterocycles. The first-order valence-electron chi connectivity index (χ1n) is 17.2. The van der Waals surface area contributed by atoms with Crippen LogP contribution in [-0.2, 0) is 19.1 Å². The van der Waals surface area contributed by atoms with Crippen molar-refractivity contribution in [1.82, 2.24) is 0 Å². The first-order valence-corrected chi connectivity index (χ1v) is 9.74. The Balaban J connectivity index is 1.99. The lowest BCUT2D eigenvalue weighted by Crippen LogP contribution is -2.42. The fraction of sp³-hybridized carbons (Fsp3) is 0.750. The average molecular weight is 420 g/mol. The van der Waals surface area contributed by atoms with E-state index in [1.165, 1.54) is 6.08 Å². The number of rotatable bonds is 7. The van der Waals surface area contributed by atoms with Crippen molar-refractivity contribution in [3.8, 4) is 0 Å². The van der Waals surface area contributed by atoms with Gasteiger partial charge in [0.1, 0.15) is 12.2 Å². The quantitative estimate of drug-likeness (QED) is 0.626. The maximum atomic E-state index is 13.5. The number of hydrogen-bond donors (Lipinski definition) is 1. The molecule has 0 saturated carbocycles. The van der Waals surface area contributed by atoms with Crippen LogP contribution in [0.15, 0.2) is 23.8 Å². The lowest BCUT2D eigenvalue weighted by atomic mass is 9.65. The first kappa shape index (κ1) is 9.67. The van der Waals surface area contributed by atoms with Gasteiger partial charge in [-0.05, 0) is 49.0 Å². The smallest absolute Gasteiger partial charge is 0.308 e. The molecule has 3 aliphatic rings. The number of ether oxygens (including phenoxy) is 2. The van der Waals surface area contributed by atoms with Crippen molar-refractivity contribution in [2.45, 2.75) is 84.2 Å². The summed E-state index contributed by atoms with van der Waals surface area (Å²) in [6, 6.07) is 0. The van der Waals surface area contributed by atoms with Gasteiger partial charge < -0.3 is 14.6 Å². The van der Waals surface area contributed by atoms with Crippen LogP contribution in [0.25, 0.3) is 0 Å². The van der Waals surface area contributed by atoms with Gasteiger partial charge in [-0.25, -0.2) is 0 Å². The second-order valence-electron chi connectivity index (χ2n) is 7.83. The summed E-state index contributed by atoms with van der Waals surface area (Å²) in [6.45, 7) is -8.26. The number of carbonyl (C=O) groups excluding carboxylic acids is 2. The Morgan fingerprint density at radius 2 is 2.45 bits per heavy atom. The van der Waals surface area contributed by atoms with Gasteiger partial charge in [-0.15, -0.1) is 0 Å². The minimum atomic E-state index is -3.89. The SMILES string of the molecule is [2H]O[C@@H]1CC(CC[C@@H]2[C@@H]3C(=C[C@H](C([2H])([2H])[2H])C[C@@H]3OC(=O)[C@@]([2H])(C([2H])([2H])[2H])C([2H])([2H])C([2H])([2H])[2H])C=C[C@@H]2C)OC(=O)C1([2H])[2H]. The molecule has 8 atom stereocenters.